The Morgan fingerprint density at radius 2 is 2.35 bits per heavy atom. The normalized spacial score (nSPS) is 23.9. The van der Waals surface area contributed by atoms with Gasteiger partial charge in [0.05, 0.1) is 16.1 Å². The zero-order chi connectivity index (χ0) is 12.3. The Hall–Kier alpha value is -0.510. The number of nitrogens with one attached hydrogen (secondary N) is 1. The second-order valence-electron chi connectivity index (χ2n) is 4.23. The lowest BCUT2D eigenvalue weighted by molar-refractivity contribution is 0.0900. The van der Waals surface area contributed by atoms with Crippen LogP contribution in [0.25, 0.3) is 0 Å². The number of rotatable bonds is 4. The first kappa shape index (κ1) is 12.9. The molecule has 17 heavy (non-hydrogen) atoms. The molecule has 1 aliphatic heterocycles. The molecule has 0 aromatic carbocycles. The summed E-state index contributed by atoms with van der Waals surface area (Å²) in [5, 5.41) is 4.38. The molecular formula is C12H16Cl2N2O. The zero-order valence-corrected chi connectivity index (χ0v) is 11.3. The standard InChI is InChI=1S/C12H16Cl2N2O/c1-2-11-8(3-4-17-11)6-15-12-10(14)5-9(13)7-16-12/h5,7-8,11H,2-4,6H2,1H3,(H,15,16). The molecular weight excluding hydrogens is 259 g/mol. The minimum absolute atomic E-state index is 0.355. The fourth-order valence-corrected chi connectivity index (χ4v) is 2.60. The van der Waals surface area contributed by atoms with E-state index >= 15 is 0 Å². The molecule has 5 heteroatoms. The first-order valence-corrected chi connectivity index (χ1v) is 6.62. The van der Waals surface area contributed by atoms with E-state index in [1.165, 1.54) is 0 Å². The second kappa shape index (κ2) is 5.89. The maximum Gasteiger partial charge on any atom is 0.144 e. The molecule has 3 nitrogen and oxygen atoms in total. The van der Waals surface area contributed by atoms with Crippen molar-refractivity contribution in [2.24, 2.45) is 5.92 Å². The molecule has 2 heterocycles. The molecule has 1 aromatic rings. The van der Waals surface area contributed by atoms with Gasteiger partial charge in [0.15, 0.2) is 0 Å². The van der Waals surface area contributed by atoms with Crippen LogP contribution in [0.1, 0.15) is 19.8 Å². The Kier molecular flexibility index (Phi) is 4.48. The smallest absolute Gasteiger partial charge is 0.144 e. The first-order valence-electron chi connectivity index (χ1n) is 5.87. The Balaban J connectivity index is 1.93. The van der Waals surface area contributed by atoms with Crippen LogP contribution in [0.5, 0.6) is 0 Å². The average molecular weight is 275 g/mol. The third-order valence-electron chi connectivity index (χ3n) is 3.09. The largest absolute Gasteiger partial charge is 0.378 e. The molecule has 1 N–H and O–H groups in total. The number of halogens is 2. The van der Waals surface area contributed by atoms with Crippen LogP contribution in [-0.2, 0) is 4.74 Å². The highest BCUT2D eigenvalue weighted by molar-refractivity contribution is 6.35. The van der Waals surface area contributed by atoms with Crippen molar-refractivity contribution in [3.8, 4) is 0 Å². The number of hydrogen-bond donors (Lipinski definition) is 1. The van der Waals surface area contributed by atoms with Crippen molar-refractivity contribution in [1.29, 1.82) is 0 Å². The van der Waals surface area contributed by atoms with Gasteiger partial charge in [-0.05, 0) is 18.9 Å². The predicted octanol–water partition coefficient (Wildman–Crippen LogP) is 3.62. The van der Waals surface area contributed by atoms with E-state index < -0.39 is 0 Å². The zero-order valence-electron chi connectivity index (χ0n) is 9.75. The summed E-state index contributed by atoms with van der Waals surface area (Å²) in [6.45, 7) is 3.84. The third-order valence-corrected chi connectivity index (χ3v) is 3.58. The number of hydrogen-bond acceptors (Lipinski definition) is 3. The topological polar surface area (TPSA) is 34.1 Å². The SMILES string of the molecule is CCC1OCCC1CNc1ncc(Cl)cc1Cl. The van der Waals surface area contributed by atoms with Gasteiger partial charge in [-0.3, -0.25) is 0 Å². The van der Waals surface area contributed by atoms with Gasteiger partial charge in [-0.15, -0.1) is 0 Å². The van der Waals surface area contributed by atoms with Gasteiger partial charge >= 0.3 is 0 Å². The maximum absolute atomic E-state index is 6.04. The molecule has 2 rings (SSSR count). The molecule has 1 aromatic heterocycles. The molecule has 0 amide bonds. The summed E-state index contributed by atoms with van der Waals surface area (Å²) >= 11 is 11.8. The van der Waals surface area contributed by atoms with Crippen molar-refractivity contribution >= 4 is 29.0 Å². The highest BCUT2D eigenvalue weighted by Crippen LogP contribution is 2.26. The van der Waals surface area contributed by atoms with E-state index in [0.29, 0.717) is 27.9 Å². The Morgan fingerprint density at radius 1 is 1.53 bits per heavy atom. The van der Waals surface area contributed by atoms with Gasteiger partial charge in [0.1, 0.15) is 5.82 Å². The van der Waals surface area contributed by atoms with Crippen LogP contribution in [0.4, 0.5) is 5.82 Å². The van der Waals surface area contributed by atoms with Crippen molar-refractivity contribution in [2.75, 3.05) is 18.5 Å². The molecule has 0 aliphatic carbocycles. The van der Waals surface area contributed by atoms with Crippen LogP contribution < -0.4 is 5.32 Å². The lowest BCUT2D eigenvalue weighted by atomic mass is 10.00. The lowest BCUT2D eigenvalue weighted by Crippen LogP contribution is -2.23. The van der Waals surface area contributed by atoms with Crippen LogP contribution >= 0.6 is 23.2 Å². The second-order valence-corrected chi connectivity index (χ2v) is 5.07. The average Bonchev–Trinajstić information content (AvgIpc) is 2.75. The van der Waals surface area contributed by atoms with Gasteiger partial charge < -0.3 is 10.1 Å². The molecule has 2 atom stereocenters. The van der Waals surface area contributed by atoms with Crippen LogP contribution in [0.3, 0.4) is 0 Å². The van der Waals surface area contributed by atoms with Crippen LogP contribution in [-0.4, -0.2) is 24.2 Å². The van der Waals surface area contributed by atoms with E-state index in [4.69, 9.17) is 27.9 Å². The fourth-order valence-electron chi connectivity index (χ4n) is 2.15. The quantitative estimate of drug-likeness (QED) is 0.911. The highest BCUT2D eigenvalue weighted by atomic mass is 35.5. The minimum Gasteiger partial charge on any atom is -0.378 e. The number of anilines is 1. The number of nitrogens with zero attached hydrogens (tertiary/aromatic N) is 1. The monoisotopic (exact) mass is 274 g/mol. The number of aromatic nitrogens is 1. The molecule has 94 valence electrons. The molecule has 0 radical (unpaired) electrons. The molecule has 1 saturated heterocycles. The summed E-state index contributed by atoms with van der Waals surface area (Å²) in [6, 6.07) is 1.70. The van der Waals surface area contributed by atoms with Crippen molar-refractivity contribution in [3.05, 3.63) is 22.3 Å². The Morgan fingerprint density at radius 3 is 3.06 bits per heavy atom. The Bertz CT molecular complexity index is 387. The fraction of sp³-hybridized carbons (Fsp3) is 0.583. The summed E-state index contributed by atoms with van der Waals surface area (Å²) in [5.74, 6) is 1.23. The molecule has 1 fully saturated rings. The summed E-state index contributed by atoms with van der Waals surface area (Å²) in [4.78, 5) is 4.17. The first-order chi connectivity index (χ1) is 8.20. The van der Waals surface area contributed by atoms with E-state index in [1.54, 1.807) is 12.3 Å². The van der Waals surface area contributed by atoms with Crippen LogP contribution in [0.15, 0.2) is 12.3 Å². The van der Waals surface area contributed by atoms with Gasteiger partial charge in [-0.25, -0.2) is 4.98 Å². The molecule has 0 spiro atoms. The molecule has 0 saturated carbocycles. The van der Waals surface area contributed by atoms with Gasteiger partial charge in [-0.2, -0.15) is 0 Å². The molecule has 2 unspecified atom stereocenters. The van der Waals surface area contributed by atoms with Crippen LogP contribution in [0.2, 0.25) is 10.0 Å². The number of pyridine rings is 1. The maximum atomic E-state index is 6.04. The van der Waals surface area contributed by atoms with E-state index in [0.717, 1.165) is 26.0 Å². The number of ether oxygens (including phenoxy) is 1. The van der Waals surface area contributed by atoms with Crippen molar-refractivity contribution in [1.82, 2.24) is 4.98 Å². The van der Waals surface area contributed by atoms with E-state index in [-0.39, 0.29) is 0 Å². The van der Waals surface area contributed by atoms with Crippen molar-refractivity contribution < 1.29 is 4.74 Å². The third kappa shape index (κ3) is 3.24. The summed E-state index contributed by atoms with van der Waals surface area (Å²) in [7, 11) is 0. The van der Waals surface area contributed by atoms with Crippen molar-refractivity contribution in [2.45, 2.75) is 25.9 Å². The van der Waals surface area contributed by atoms with Gasteiger partial charge in [0.25, 0.3) is 0 Å². The van der Waals surface area contributed by atoms with Gasteiger partial charge in [-0.1, -0.05) is 30.1 Å². The summed E-state index contributed by atoms with van der Waals surface area (Å²) in [6.07, 6.45) is 4.09. The summed E-state index contributed by atoms with van der Waals surface area (Å²) < 4.78 is 5.64. The molecule has 1 aliphatic rings. The lowest BCUT2D eigenvalue weighted by Gasteiger charge is -2.17. The van der Waals surface area contributed by atoms with Crippen LogP contribution in [0, 0.1) is 5.92 Å². The van der Waals surface area contributed by atoms with E-state index in [2.05, 4.69) is 17.2 Å². The highest BCUT2D eigenvalue weighted by Gasteiger charge is 2.26. The predicted molar refractivity (Wildman–Crippen MR) is 70.9 cm³/mol. The molecule has 0 bridgehead atoms. The Labute approximate surface area is 111 Å². The van der Waals surface area contributed by atoms with Gasteiger partial charge in [0, 0.05) is 25.3 Å². The summed E-state index contributed by atoms with van der Waals surface area (Å²) in [5.41, 5.74) is 0. The van der Waals surface area contributed by atoms with E-state index in [1.807, 2.05) is 0 Å². The van der Waals surface area contributed by atoms with Crippen molar-refractivity contribution in [3.63, 3.8) is 0 Å². The van der Waals surface area contributed by atoms with Gasteiger partial charge in [0.2, 0.25) is 0 Å². The van der Waals surface area contributed by atoms with E-state index in [9.17, 15) is 0 Å². The minimum atomic E-state index is 0.355.